The number of carbonyl (C=O) groups excluding carboxylic acids is 1. The lowest BCUT2D eigenvalue weighted by Gasteiger charge is -2.35. The van der Waals surface area contributed by atoms with Gasteiger partial charge in [-0.2, -0.15) is 0 Å². The monoisotopic (exact) mass is 473 g/mol. The van der Waals surface area contributed by atoms with E-state index in [1.807, 2.05) is 11.8 Å². The van der Waals surface area contributed by atoms with Crippen molar-refractivity contribution in [1.82, 2.24) is 19.9 Å². The maximum atomic E-state index is 14.6. The van der Waals surface area contributed by atoms with Gasteiger partial charge < -0.3 is 14.5 Å². The van der Waals surface area contributed by atoms with Gasteiger partial charge in [0.1, 0.15) is 29.8 Å². The maximum Gasteiger partial charge on any atom is 0.248 e. The van der Waals surface area contributed by atoms with Crippen LogP contribution in [-0.4, -0.2) is 65.2 Å². The van der Waals surface area contributed by atoms with Crippen LogP contribution >= 0.6 is 11.6 Å². The molecule has 3 heterocycles. The van der Waals surface area contributed by atoms with E-state index in [0.29, 0.717) is 54.9 Å². The molecule has 172 valence electrons. The molecule has 1 saturated heterocycles. The van der Waals surface area contributed by atoms with Crippen LogP contribution in [0.25, 0.3) is 22.5 Å². The van der Waals surface area contributed by atoms with E-state index in [1.165, 1.54) is 18.3 Å². The molecule has 1 aliphatic rings. The highest BCUT2D eigenvalue weighted by atomic mass is 35.5. The summed E-state index contributed by atoms with van der Waals surface area (Å²) in [4.78, 5) is 29.2. The number of pyridine rings is 1. The first-order valence-electron chi connectivity index (χ1n) is 10.5. The Morgan fingerprint density at radius 1 is 1.09 bits per heavy atom. The molecule has 0 saturated carbocycles. The Bertz CT molecular complexity index is 1160. The quantitative estimate of drug-likeness (QED) is 0.542. The van der Waals surface area contributed by atoms with Crippen LogP contribution < -0.4 is 4.90 Å². The lowest BCUT2D eigenvalue weighted by molar-refractivity contribution is -0.136. The summed E-state index contributed by atoms with van der Waals surface area (Å²) in [6, 6.07) is 4.98. The van der Waals surface area contributed by atoms with Gasteiger partial charge in [-0.1, -0.05) is 11.6 Å². The van der Waals surface area contributed by atoms with Crippen molar-refractivity contribution in [3.8, 4) is 22.5 Å². The van der Waals surface area contributed by atoms with Gasteiger partial charge in [0.05, 0.1) is 16.9 Å². The molecule has 7 nitrogen and oxygen atoms in total. The zero-order valence-electron chi connectivity index (χ0n) is 18.0. The molecule has 0 atom stereocenters. The first-order chi connectivity index (χ1) is 16.0. The van der Waals surface area contributed by atoms with E-state index in [2.05, 4.69) is 9.97 Å². The van der Waals surface area contributed by atoms with E-state index < -0.39 is 11.6 Å². The molecule has 1 aliphatic heterocycles. The lowest BCUT2D eigenvalue weighted by Crippen LogP contribution is -2.50. The first kappa shape index (κ1) is 23.0. The van der Waals surface area contributed by atoms with Crippen LogP contribution in [0, 0.1) is 11.6 Å². The van der Waals surface area contributed by atoms with E-state index in [1.54, 1.807) is 23.4 Å². The third-order valence-electron chi connectivity index (χ3n) is 5.36. The van der Waals surface area contributed by atoms with E-state index in [9.17, 15) is 13.6 Å². The fourth-order valence-electron chi connectivity index (χ4n) is 3.63. The van der Waals surface area contributed by atoms with Crippen LogP contribution in [0.1, 0.15) is 6.92 Å². The third kappa shape index (κ3) is 5.09. The fraction of sp³-hybridized carbons (Fsp3) is 0.304. The van der Waals surface area contributed by atoms with Gasteiger partial charge in [-0.3, -0.25) is 9.78 Å². The fourth-order valence-corrected chi connectivity index (χ4v) is 3.84. The average molecular weight is 474 g/mol. The van der Waals surface area contributed by atoms with Crippen LogP contribution in [0.2, 0.25) is 5.02 Å². The summed E-state index contributed by atoms with van der Waals surface area (Å²) in [6.45, 7) is 4.56. The number of carbonyl (C=O) groups is 1. The summed E-state index contributed by atoms with van der Waals surface area (Å²) in [5.74, 6) is -0.902. The number of hydrogen-bond acceptors (Lipinski definition) is 6. The molecule has 1 amide bonds. The summed E-state index contributed by atoms with van der Waals surface area (Å²) < 4.78 is 33.3. The average Bonchev–Trinajstić information content (AvgIpc) is 2.83. The number of aromatic nitrogens is 3. The van der Waals surface area contributed by atoms with Crippen molar-refractivity contribution in [3.63, 3.8) is 0 Å². The molecular weight excluding hydrogens is 452 g/mol. The third-order valence-corrected chi connectivity index (χ3v) is 5.66. The number of piperazine rings is 1. The highest BCUT2D eigenvalue weighted by Crippen LogP contribution is 2.35. The Kier molecular flexibility index (Phi) is 7.10. The Morgan fingerprint density at radius 3 is 2.58 bits per heavy atom. The van der Waals surface area contributed by atoms with Crippen molar-refractivity contribution in [1.29, 1.82) is 0 Å². The Morgan fingerprint density at radius 2 is 1.88 bits per heavy atom. The maximum absolute atomic E-state index is 14.6. The molecule has 0 radical (unpaired) electrons. The SMILES string of the molecule is CCOCC(=O)N1CCN(c2cnc(-c3ccc(F)cc3F)c(-c3ccncc3Cl)n2)CC1. The van der Waals surface area contributed by atoms with Gasteiger partial charge in [-0.25, -0.2) is 18.7 Å². The smallest absolute Gasteiger partial charge is 0.248 e. The van der Waals surface area contributed by atoms with Gasteiger partial charge in [0.25, 0.3) is 0 Å². The molecule has 2 aromatic heterocycles. The van der Waals surface area contributed by atoms with Crippen molar-refractivity contribution in [2.75, 3.05) is 44.3 Å². The van der Waals surface area contributed by atoms with E-state index in [0.717, 1.165) is 6.07 Å². The predicted octanol–water partition coefficient (Wildman–Crippen LogP) is 3.82. The second-order valence-electron chi connectivity index (χ2n) is 7.41. The summed E-state index contributed by atoms with van der Waals surface area (Å²) in [5.41, 5.74) is 1.25. The zero-order valence-corrected chi connectivity index (χ0v) is 18.7. The molecule has 0 unspecified atom stereocenters. The number of amides is 1. The van der Waals surface area contributed by atoms with Gasteiger partial charge in [-0.05, 0) is 25.1 Å². The minimum Gasteiger partial charge on any atom is -0.372 e. The number of ether oxygens (including phenoxy) is 1. The van der Waals surface area contributed by atoms with Crippen LogP contribution in [0.4, 0.5) is 14.6 Å². The molecular formula is C23H22ClF2N5O2. The number of halogens is 3. The minimum absolute atomic E-state index is 0.0472. The van der Waals surface area contributed by atoms with Crippen LogP contribution in [0.3, 0.4) is 0 Å². The molecule has 4 rings (SSSR count). The summed E-state index contributed by atoms with van der Waals surface area (Å²) >= 11 is 6.36. The molecule has 0 aliphatic carbocycles. The minimum atomic E-state index is -0.745. The van der Waals surface area contributed by atoms with Crippen molar-refractivity contribution in [2.45, 2.75) is 6.92 Å². The highest BCUT2D eigenvalue weighted by Gasteiger charge is 2.24. The molecule has 1 aromatic carbocycles. The van der Waals surface area contributed by atoms with Gasteiger partial charge in [0.2, 0.25) is 5.91 Å². The molecule has 3 aromatic rings. The standard InChI is InChI=1S/C23H22ClF2N5O2/c1-2-33-14-21(32)31-9-7-30(8-10-31)20-13-28-22(17-4-3-15(25)11-19(17)26)23(29-20)16-5-6-27-12-18(16)24/h3-6,11-13H,2,7-10,14H2,1H3. The van der Waals surface area contributed by atoms with Gasteiger partial charge in [0, 0.05) is 62.4 Å². The molecule has 33 heavy (non-hydrogen) atoms. The number of anilines is 1. The normalized spacial score (nSPS) is 13.9. The zero-order chi connectivity index (χ0) is 23.4. The second-order valence-corrected chi connectivity index (χ2v) is 7.82. The van der Waals surface area contributed by atoms with Crippen molar-refractivity contribution >= 4 is 23.3 Å². The van der Waals surface area contributed by atoms with Crippen molar-refractivity contribution < 1.29 is 18.3 Å². The van der Waals surface area contributed by atoms with Gasteiger partial charge >= 0.3 is 0 Å². The van der Waals surface area contributed by atoms with Crippen LogP contribution in [0.15, 0.2) is 42.9 Å². The van der Waals surface area contributed by atoms with Crippen LogP contribution in [-0.2, 0) is 9.53 Å². The van der Waals surface area contributed by atoms with E-state index >= 15 is 0 Å². The van der Waals surface area contributed by atoms with Gasteiger partial charge in [-0.15, -0.1) is 0 Å². The molecule has 10 heteroatoms. The summed E-state index contributed by atoms with van der Waals surface area (Å²) in [7, 11) is 0. The van der Waals surface area contributed by atoms with Crippen LogP contribution in [0.5, 0.6) is 0 Å². The highest BCUT2D eigenvalue weighted by molar-refractivity contribution is 6.33. The number of hydrogen-bond donors (Lipinski definition) is 0. The second kappa shape index (κ2) is 10.2. The van der Waals surface area contributed by atoms with Crippen molar-refractivity contribution in [3.05, 3.63) is 59.5 Å². The largest absolute Gasteiger partial charge is 0.372 e. The van der Waals surface area contributed by atoms with E-state index in [4.69, 9.17) is 21.3 Å². The number of nitrogens with zero attached hydrogens (tertiary/aromatic N) is 5. The Labute approximate surface area is 195 Å². The van der Waals surface area contributed by atoms with E-state index in [-0.39, 0.29) is 23.8 Å². The molecule has 0 spiro atoms. The Balaban J connectivity index is 1.66. The first-order valence-corrected chi connectivity index (χ1v) is 10.9. The Hall–Kier alpha value is -3.17. The summed E-state index contributed by atoms with van der Waals surface area (Å²) in [6.07, 6.45) is 4.58. The predicted molar refractivity (Wildman–Crippen MR) is 121 cm³/mol. The number of benzene rings is 1. The van der Waals surface area contributed by atoms with Gasteiger partial charge in [0.15, 0.2) is 0 Å². The summed E-state index contributed by atoms with van der Waals surface area (Å²) in [5, 5.41) is 0.332. The lowest BCUT2D eigenvalue weighted by atomic mass is 10.0. The topological polar surface area (TPSA) is 71.5 Å². The molecule has 0 N–H and O–H groups in total. The van der Waals surface area contributed by atoms with Crippen molar-refractivity contribution in [2.24, 2.45) is 0 Å². The molecule has 1 fully saturated rings. The number of rotatable bonds is 6. The molecule has 0 bridgehead atoms.